The average Bonchev–Trinajstić information content (AvgIpc) is 2.39. The summed E-state index contributed by atoms with van der Waals surface area (Å²) in [6.45, 7) is 0.584. The van der Waals surface area contributed by atoms with Gasteiger partial charge in [-0.25, -0.2) is 0 Å². The number of carbonyl (C=O) groups is 1. The van der Waals surface area contributed by atoms with E-state index in [1.807, 2.05) is 42.5 Å². The highest BCUT2D eigenvalue weighted by atomic mass is 127. The third-order valence-corrected chi connectivity index (χ3v) is 3.99. The molecule has 0 unspecified atom stereocenters. The molecule has 104 valence electrons. The molecule has 0 atom stereocenters. The molecular weight excluding hydrogens is 389 g/mol. The van der Waals surface area contributed by atoms with Crippen molar-refractivity contribution in [1.29, 1.82) is 0 Å². The topological polar surface area (TPSA) is 49.3 Å². The smallest absolute Gasteiger partial charge is 0.307 e. The number of hydrogen-bond acceptors (Lipinski definition) is 2. The van der Waals surface area contributed by atoms with E-state index in [4.69, 9.17) is 16.7 Å². The van der Waals surface area contributed by atoms with E-state index in [0.29, 0.717) is 11.6 Å². The highest BCUT2D eigenvalue weighted by Crippen LogP contribution is 2.23. The molecule has 3 nitrogen and oxygen atoms in total. The standard InChI is InChI=1S/C15H13ClINO2/c16-12-5-6-14(13(17)8-12)18-9-11-4-2-1-3-10(11)7-15(19)20/h1-6,8,18H,7,9H2,(H,19,20). The Morgan fingerprint density at radius 3 is 2.55 bits per heavy atom. The maximum atomic E-state index is 10.9. The van der Waals surface area contributed by atoms with Gasteiger partial charge in [-0.2, -0.15) is 0 Å². The van der Waals surface area contributed by atoms with Crippen molar-refractivity contribution in [3.63, 3.8) is 0 Å². The lowest BCUT2D eigenvalue weighted by Crippen LogP contribution is -2.07. The third kappa shape index (κ3) is 4.11. The number of carboxylic acid groups (broad SMARTS) is 1. The third-order valence-electron chi connectivity index (χ3n) is 2.86. The highest BCUT2D eigenvalue weighted by Gasteiger charge is 2.07. The van der Waals surface area contributed by atoms with Crippen LogP contribution in [0.1, 0.15) is 11.1 Å². The lowest BCUT2D eigenvalue weighted by atomic mass is 10.0. The molecule has 0 saturated carbocycles. The molecule has 5 heteroatoms. The predicted molar refractivity (Wildman–Crippen MR) is 89.3 cm³/mol. The maximum Gasteiger partial charge on any atom is 0.307 e. The van der Waals surface area contributed by atoms with Crippen LogP contribution < -0.4 is 5.32 Å². The summed E-state index contributed by atoms with van der Waals surface area (Å²) >= 11 is 8.14. The molecule has 0 aliphatic rings. The number of nitrogens with one attached hydrogen (secondary N) is 1. The maximum absolute atomic E-state index is 10.9. The lowest BCUT2D eigenvalue weighted by Gasteiger charge is -2.12. The summed E-state index contributed by atoms with van der Waals surface area (Å²) < 4.78 is 1.03. The fourth-order valence-corrected chi connectivity index (χ4v) is 2.95. The molecule has 0 heterocycles. The first-order valence-corrected chi connectivity index (χ1v) is 7.49. The van der Waals surface area contributed by atoms with Gasteiger partial charge in [0.2, 0.25) is 0 Å². The van der Waals surface area contributed by atoms with Gasteiger partial charge in [0, 0.05) is 20.8 Å². The van der Waals surface area contributed by atoms with Crippen LogP contribution in [0, 0.1) is 3.57 Å². The van der Waals surface area contributed by atoms with Crippen LogP contribution in [0.5, 0.6) is 0 Å². The highest BCUT2D eigenvalue weighted by molar-refractivity contribution is 14.1. The number of halogens is 2. The number of hydrogen-bond donors (Lipinski definition) is 2. The second-order valence-corrected chi connectivity index (χ2v) is 5.92. The monoisotopic (exact) mass is 401 g/mol. The van der Waals surface area contributed by atoms with Crippen LogP contribution in [-0.2, 0) is 17.8 Å². The van der Waals surface area contributed by atoms with E-state index >= 15 is 0 Å². The van der Waals surface area contributed by atoms with E-state index in [-0.39, 0.29) is 6.42 Å². The fraction of sp³-hybridized carbons (Fsp3) is 0.133. The molecule has 0 bridgehead atoms. The van der Waals surface area contributed by atoms with Gasteiger partial charge < -0.3 is 10.4 Å². The van der Waals surface area contributed by atoms with Crippen molar-refractivity contribution in [2.24, 2.45) is 0 Å². The second kappa shape index (κ2) is 6.95. The number of aliphatic carboxylic acids is 1. The van der Waals surface area contributed by atoms with E-state index in [1.165, 1.54) is 0 Å². The minimum Gasteiger partial charge on any atom is -0.481 e. The molecule has 2 aromatic carbocycles. The van der Waals surface area contributed by atoms with Crippen molar-refractivity contribution >= 4 is 45.8 Å². The predicted octanol–water partition coefficient (Wildman–Crippen LogP) is 4.18. The van der Waals surface area contributed by atoms with Gasteiger partial charge >= 0.3 is 5.97 Å². The molecule has 0 fully saturated rings. The van der Waals surface area contributed by atoms with Crippen molar-refractivity contribution in [1.82, 2.24) is 0 Å². The van der Waals surface area contributed by atoms with Crippen LogP contribution in [0.15, 0.2) is 42.5 Å². The van der Waals surface area contributed by atoms with Crippen LogP contribution in [0.3, 0.4) is 0 Å². The summed E-state index contributed by atoms with van der Waals surface area (Å²) in [5, 5.41) is 12.9. The van der Waals surface area contributed by atoms with Gasteiger partial charge in [-0.15, -0.1) is 0 Å². The Hall–Kier alpha value is -1.27. The van der Waals surface area contributed by atoms with E-state index in [9.17, 15) is 4.79 Å². The van der Waals surface area contributed by atoms with Crippen molar-refractivity contribution in [3.8, 4) is 0 Å². The first-order valence-electron chi connectivity index (χ1n) is 6.04. The van der Waals surface area contributed by atoms with Crippen LogP contribution in [-0.4, -0.2) is 11.1 Å². The molecule has 2 N–H and O–H groups in total. The van der Waals surface area contributed by atoms with Gasteiger partial charge in [0.25, 0.3) is 0 Å². The zero-order valence-electron chi connectivity index (χ0n) is 10.6. The average molecular weight is 402 g/mol. The Morgan fingerprint density at radius 1 is 1.20 bits per heavy atom. The molecular formula is C15H13ClINO2. The summed E-state index contributed by atoms with van der Waals surface area (Å²) in [5.41, 5.74) is 2.80. The Labute approximate surface area is 136 Å². The number of benzene rings is 2. The molecule has 2 aromatic rings. The summed E-state index contributed by atoms with van der Waals surface area (Å²) in [6.07, 6.45) is 0.0373. The Kier molecular flexibility index (Phi) is 5.25. The first kappa shape index (κ1) is 15.1. The molecule has 0 aromatic heterocycles. The first-order chi connectivity index (χ1) is 9.56. The molecule has 0 aliphatic heterocycles. The van der Waals surface area contributed by atoms with E-state index in [2.05, 4.69) is 27.9 Å². The minimum absolute atomic E-state index is 0.0373. The van der Waals surface area contributed by atoms with Gasteiger partial charge in [-0.05, 0) is 51.9 Å². The van der Waals surface area contributed by atoms with Crippen LogP contribution in [0.25, 0.3) is 0 Å². The Balaban J connectivity index is 2.12. The van der Waals surface area contributed by atoms with Crippen molar-refractivity contribution in [2.75, 3.05) is 5.32 Å². The van der Waals surface area contributed by atoms with Crippen LogP contribution in [0.2, 0.25) is 5.02 Å². The van der Waals surface area contributed by atoms with Gasteiger partial charge in [-0.1, -0.05) is 35.9 Å². The lowest BCUT2D eigenvalue weighted by molar-refractivity contribution is -0.136. The van der Waals surface area contributed by atoms with Crippen molar-refractivity contribution in [3.05, 3.63) is 62.2 Å². The van der Waals surface area contributed by atoms with Crippen molar-refractivity contribution in [2.45, 2.75) is 13.0 Å². The van der Waals surface area contributed by atoms with Gasteiger partial charge in [0.05, 0.1) is 6.42 Å². The molecule has 0 spiro atoms. The molecule has 0 radical (unpaired) electrons. The van der Waals surface area contributed by atoms with Gasteiger partial charge in [0.1, 0.15) is 0 Å². The largest absolute Gasteiger partial charge is 0.481 e. The molecule has 20 heavy (non-hydrogen) atoms. The van der Waals surface area contributed by atoms with E-state index in [0.717, 1.165) is 20.4 Å². The molecule has 2 rings (SSSR count). The van der Waals surface area contributed by atoms with Crippen molar-refractivity contribution < 1.29 is 9.90 Å². The van der Waals surface area contributed by atoms with Gasteiger partial charge in [-0.3, -0.25) is 4.79 Å². The quantitative estimate of drug-likeness (QED) is 0.739. The minimum atomic E-state index is -0.821. The number of rotatable bonds is 5. The van der Waals surface area contributed by atoms with E-state index in [1.54, 1.807) is 0 Å². The van der Waals surface area contributed by atoms with Crippen LogP contribution >= 0.6 is 34.2 Å². The summed E-state index contributed by atoms with van der Waals surface area (Å²) in [7, 11) is 0. The SMILES string of the molecule is O=C(O)Cc1ccccc1CNc1ccc(Cl)cc1I. The van der Waals surface area contributed by atoms with Crippen LogP contribution in [0.4, 0.5) is 5.69 Å². The van der Waals surface area contributed by atoms with Gasteiger partial charge in [0.15, 0.2) is 0 Å². The van der Waals surface area contributed by atoms with E-state index < -0.39 is 5.97 Å². The fourth-order valence-electron chi connectivity index (χ4n) is 1.89. The number of carboxylic acids is 1. The zero-order valence-corrected chi connectivity index (χ0v) is 13.5. The molecule has 0 saturated heterocycles. The molecule has 0 aliphatic carbocycles. The Morgan fingerprint density at radius 2 is 1.90 bits per heavy atom. The summed E-state index contributed by atoms with van der Waals surface area (Å²) in [6, 6.07) is 13.2. The molecule has 0 amide bonds. The number of anilines is 1. The summed E-state index contributed by atoms with van der Waals surface area (Å²) in [5.74, 6) is -0.821. The zero-order chi connectivity index (χ0) is 14.5. The second-order valence-electron chi connectivity index (χ2n) is 4.32. The summed E-state index contributed by atoms with van der Waals surface area (Å²) in [4.78, 5) is 10.9. The Bertz CT molecular complexity index is 631. The normalized spacial score (nSPS) is 10.3.